The second-order valence-corrected chi connectivity index (χ2v) is 9.33. The smallest absolute Gasteiger partial charge is 0.242 e. The number of hydrogen-bond acceptors (Lipinski definition) is 7. The number of amides is 1. The summed E-state index contributed by atoms with van der Waals surface area (Å²) in [6, 6.07) is 9.44. The van der Waals surface area contributed by atoms with Crippen LogP contribution in [0.5, 0.6) is 0 Å². The van der Waals surface area contributed by atoms with E-state index in [1.165, 1.54) is 17.7 Å². The molecule has 32 heavy (non-hydrogen) atoms. The number of benzene rings is 1. The van der Waals surface area contributed by atoms with E-state index in [2.05, 4.69) is 20.9 Å². The van der Waals surface area contributed by atoms with Crippen LogP contribution in [0.2, 0.25) is 4.34 Å². The monoisotopic (exact) mass is 471 g/mol. The molecule has 168 valence electrons. The third kappa shape index (κ3) is 5.27. The number of carbonyl (C=O) groups is 1. The maximum absolute atomic E-state index is 13.3. The summed E-state index contributed by atoms with van der Waals surface area (Å²) < 4.78 is 6.42. The van der Waals surface area contributed by atoms with Crippen molar-refractivity contribution in [2.24, 2.45) is 0 Å². The van der Waals surface area contributed by atoms with Gasteiger partial charge in [0.25, 0.3) is 0 Å². The first kappa shape index (κ1) is 22.7. The zero-order chi connectivity index (χ0) is 22.5. The Morgan fingerprint density at radius 3 is 2.94 bits per heavy atom. The lowest BCUT2D eigenvalue weighted by Gasteiger charge is -2.40. The molecule has 3 aromatic rings. The van der Waals surface area contributed by atoms with Crippen molar-refractivity contribution < 1.29 is 9.53 Å². The van der Waals surface area contributed by atoms with E-state index in [-0.39, 0.29) is 11.9 Å². The Bertz CT molecular complexity index is 1120. The van der Waals surface area contributed by atoms with Gasteiger partial charge in [0, 0.05) is 43.0 Å². The lowest BCUT2D eigenvalue weighted by Crippen LogP contribution is -2.58. The predicted octanol–water partition coefficient (Wildman–Crippen LogP) is 3.69. The largest absolute Gasteiger partial charge is 0.383 e. The number of aromatic nitrogens is 2. The Morgan fingerprint density at radius 1 is 1.28 bits per heavy atom. The maximum Gasteiger partial charge on any atom is 0.242 e. The van der Waals surface area contributed by atoms with Crippen LogP contribution in [-0.2, 0) is 16.1 Å². The molecule has 0 spiro atoms. The molecule has 1 atom stereocenters. The third-order valence-corrected chi connectivity index (χ3v) is 6.69. The van der Waals surface area contributed by atoms with Crippen molar-refractivity contribution >= 4 is 51.6 Å². The van der Waals surface area contributed by atoms with E-state index in [1.807, 2.05) is 48.2 Å². The van der Waals surface area contributed by atoms with E-state index < -0.39 is 0 Å². The van der Waals surface area contributed by atoms with Gasteiger partial charge in [-0.2, -0.15) is 0 Å². The molecule has 4 rings (SSSR count). The number of rotatable bonds is 8. The molecule has 3 heterocycles. The normalized spacial score (nSPS) is 17.6. The number of hydrogen-bond donors (Lipinski definition) is 1. The molecule has 1 amide bonds. The first-order valence-electron chi connectivity index (χ1n) is 10.6. The number of piperazine rings is 1. The number of nitrogen functional groups attached to an aromatic ring is 1. The van der Waals surface area contributed by atoms with Crippen LogP contribution in [0.25, 0.3) is 17.0 Å². The Morgan fingerprint density at radius 2 is 2.16 bits per heavy atom. The summed E-state index contributed by atoms with van der Waals surface area (Å²) in [5, 5.41) is 0.820. The molecule has 1 aromatic carbocycles. The van der Waals surface area contributed by atoms with Gasteiger partial charge in [-0.15, -0.1) is 11.3 Å². The van der Waals surface area contributed by atoms with Crippen LogP contribution in [0.3, 0.4) is 0 Å². The molecule has 1 aliphatic rings. The summed E-state index contributed by atoms with van der Waals surface area (Å²) in [7, 11) is 0. The molecule has 0 bridgehead atoms. The predicted molar refractivity (Wildman–Crippen MR) is 130 cm³/mol. The van der Waals surface area contributed by atoms with Gasteiger partial charge in [-0.25, -0.2) is 9.97 Å². The van der Waals surface area contributed by atoms with Crippen LogP contribution in [0.4, 0.5) is 5.82 Å². The standard InChI is InChI=1S/C23H26ClN5O2S/c1-2-31-14-20-23(30)29(11-10-28(20)9-3-4-17-6-8-21(24)32-17)13-16-5-7-18-19(12-16)26-15-27-22(18)25/h3-8,12,15,20H,2,9-11,13-14H2,1H3,(H2,25,26,27)/b4-3+. The highest BCUT2D eigenvalue weighted by Gasteiger charge is 2.34. The maximum atomic E-state index is 13.3. The fourth-order valence-electron chi connectivity index (χ4n) is 3.83. The molecule has 1 unspecified atom stereocenters. The number of nitrogens with two attached hydrogens (primary N) is 1. The first-order chi connectivity index (χ1) is 15.5. The van der Waals surface area contributed by atoms with Crippen molar-refractivity contribution in [1.29, 1.82) is 0 Å². The van der Waals surface area contributed by atoms with E-state index in [1.54, 1.807) is 0 Å². The summed E-state index contributed by atoms with van der Waals surface area (Å²) in [5.74, 6) is 0.542. The Hall–Kier alpha value is -2.52. The van der Waals surface area contributed by atoms with Gasteiger partial charge in [0.05, 0.1) is 16.5 Å². The summed E-state index contributed by atoms with van der Waals surface area (Å²) in [5.41, 5.74) is 7.72. The van der Waals surface area contributed by atoms with Crippen molar-refractivity contribution in [3.8, 4) is 0 Å². The first-order valence-corrected chi connectivity index (χ1v) is 11.8. The van der Waals surface area contributed by atoms with Crippen molar-refractivity contribution in [1.82, 2.24) is 19.8 Å². The minimum absolute atomic E-state index is 0.0829. The zero-order valence-electron chi connectivity index (χ0n) is 17.9. The average Bonchev–Trinajstić information content (AvgIpc) is 3.20. The second-order valence-electron chi connectivity index (χ2n) is 7.58. The molecule has 0 saturated carbocycles. The lowest BCUT2D eigenvalue weighted by molar-refractivity contribution is -0.145. The Balaban J connectivity index is 1.45. The lowest BCUT2D eigenvalue weighted by atomic mass is 10.1. The number of fused-ring (bicyclic) bond motifs is 1. The quantitative estimate of drug-likeness (QED) is 0.539. The van der Waals surface area contributed by atoms with Gasteiger partial charge in [-0.3, -0.25) is 9.69 Å². The van der Waals surface area contributed by atoms with Crippen molar-refractivity contribution in [3.63, 3.8) is 0 Å². The van der Waals surface area contributed by atoms with Gasteiger partial charge in [-0.1, -0.05) is 23.7 Å². The Labute approximate surface area is 196 Å². The molecule has 9 heteroatoms. The fourth-order valence-corrected chi connectivity index (χ4v) is 4.82. The number of carbonyl (C=O) groups excluding carboxylic acids is 1. The number of thiophene rings is 1. The number of ether oxygens (including phenoxy) is 1. The second kappa shape index (κ2) is 10.4. The van der Waals surface area contributed by atoms with Gasteiger partial charge in [-0.05, 0) is 42.8 Å². The topological polar surface area (TPSA) is 84.6 Å². The molecule has 1 saturated heterocycles. The molecule has 2 aromatic heterocycles. The molecule has 1 fully saturated rings. The minimum Gasteiger partial charge on any atom is -0.383 e. The van der Waals surface area contributed by atoms with Crippen molar-refractivity contribution in [2.45, 2.75) is 19.5 Å². The van der Waals surface area contributed by atoms with E-state index in [9.17, 15) is 4.79 Å². The number of halogens is 1. The molecule has 2 N–H and O–H groups in total. The summed E-state index contributed by atoms with van der Waals surface area (Å²) in [4.78, 5) is 26.8. The van der Waals surface area contributed by atoms with Gasteiger partial charge in [0.1, 0.15) is 18.2 Å². The van der Waals surface area contributed by atoms with Crippen LogP contribution in [0.15, 0.2) is 42.7 Å². The molecule has 1 aliphatic heterocycles. The summed E-state index contributed by atoms with van der Waals surface area (Å²) in [6.07, 6.45) is 5.59. The van der Waals surface area contributed by atoms with Crippen LogP contribution >= 0.6 is 22.9 Å². The SMILES string of the molecule is CCOCC1C(=O)N(Cc2ccc3c(N)ncnc3c2)CCN1C/C=C/c1ccc(Cl)s1. The van der Waals surface area contributed by atoms with Crippen LogP contribution in [0.1, 0.15) is 17.4 Å². The van der Waals surface area contributed by atoms with E-state index >= 15 is 0 Å². The van der Waals surface area contributed by atoms with Crippen LogP contribution < -0.4 is 5.73 Å². The van der Waals surface area contributed by atoms with Gasteiger partial charge >= 0.3 is 0 Å². The summed E-state index contributed by atoms with van der Waals surface area (Å²) in [6.45, 7) is 5.54. The van der Waals surface area contributed by atoms with E-state index in [4.69, 9.17) is 22.1 Å². The van der Waals surface area contributed by atoms with Gasteiger partial charge in [0.15, 0.2) is 0 Å². The number of anilines is 1. The van der Waals surface area contributed by atoms with E-state index in [0.717, 1.165) is 32.2 Å². The van der Waals surface area contributed by atoms with Crippen LogP contribution in [0, 0.1) is 0 Å². The Kier molecular flexibility index (Phi) is 7.36. The van der Waals surface area contributed by atoms with E-state index in [0.29, 0.717) is 38.7 Å². The van der Waals surface area contributed by atoms with Gasteiger partial charge in [0.2, 0.25) is 5.91 Å². The molecule has 0 radical (unpaired) electrons. The minimum atomic E-state index is -0.307. The number of nitrogens with zero attached hydrogens (tertiary/aromatic N) is 4. The highest BCUT2D eigenvalue weighted by molar-refractivity contribution is 7.16. The average molecular weight is 472 g/mol. The van der Waals surface area contributed by atoms with Gasteiger partial charge < -0.3 is 15.4 Å². The molecule has 0 aliphatic carbocycles. The highest BCUT2D eigenvalue weighted by atomic mass is 35.5. The fraction of sp³-hybridized carbons (Fsp3) is 0.348. The molecular weight excluding hydrogens is 446 g/mol. The zero-order valence-corrected chi connectivity index (χ0v) is 19.5. The van der Waals surface area contributed by atoms with Crippen molar-refractivity contribution in [3.05, 3.63) is 57.5 Å². The van der Waals surface area contributed by atoms with Crippen molar-refractivity contribution in [2.75, 3.05) is 38.6 Å². The highest BCUT2D eigenvalue weighted by Crippen LogP contribution is 2.23. The molecule has 7 nitrogen and oxygen atoms in total. The van der Waals surface area contributed by atoms with Crippen LogP contribution in [-0.4, -0.2) is 64.6 Å². The molecular formula is C23H26ClN5O2S. The summed E-state index contributed by atoms with van der Waals surface area (Å²) >= 11 is 7.54. The third-order valence-electron chi connectivity index (χ3n) is 5.50.